The zero-order valence-electron chi connectivity index (χ0n) is 10.1. The van der Waals surface area contributed by atoms with Gasteiger partial charge in [-0.1, -0.05) is 6.07 Å². The summed E-state index contributed by atoms with van der Waals surface area (Å²) in [6.45, 7) is 1.75. The third-order valence-corrected chi connectivity index (χ3v) is 3.99. The van der Waals surface area contributed by atoms with E-state index in [-0.39, 0.29) is 0 Å². The summed E-state index contributed by atoms with van der Waals surface area (Å²) >= 11 is 0. The molecule has 17 heavy (non-hydrogen) atoms. The maximum absolute atomic E-state index is 11.8. The van der Waals surface area contributed by atoms with Crippen LogP contribution in [0, 0.1) is 0 Å². The van der Waals surface area contributed by atoms with Crippen molar-refractivity contribution in [2.24, 2.45) is 0 Å². The molecule has 0 aromatic carbocycles. The quantitative estimate of drug-likeness (QED) is 0.785. The van der Waals surface area contributed by atoms with Gasteiger partial charge >= 0.3 is 0 Å². The van der Waals surface area contributed by atoms with Gasteiger partial charge in [0.2, 0.25) is 5.91 Å². The van der Waals surface area contributed by atoms with Crippen molar-refractivity contribution < 1.29 is 13.2 Å². The minimum Gasteiger partial charge on any atom is -0.340 e. The number of carbonyl (C=O) groups is 1. The van der Waals surface area contributed by atoms with Crippen molar-refractivity contribution in [2.45, 2.75) is 18.7 Å². The van der Waals surface area contributed by atoms with Gasteiger partial charge in [-0.15, -0.1) is 0 Å². The van der Waals surface area contributed by atoms with Crippen LogP contribution >= 0.6 is 0 Å². The topological polar surface area (TPSA) is 67.3 Å². The molecule has 0 fully saturated rings. The molecule has 1 rings (SSSR count). The highest BCUT2D eigenvalue weighted by Gasteiger charge is 2.26. The molecule has 5 nitrogen and oxygen atoms in total. The number of rotatable bonds is 4. The fraction of sp³-hybridized carbons (Fsp3) is 0.455. The third kappa shape index (κ3) is 3.81. The first kappa shape index (κ1) is 13.6. The zero-order chi connectivity index (χ0) is 13.1. The number of hydrogen-bond donors (Lipinski definition) is 0. The summed E-state index contributed by atoms with van der Waals surface area (Å²) in [5.74, 6) is -0.406. The molecule has 0 saturated carbocycles. The lowest BCUT2D eigenvalue weighted by molar-refractivity contribution is -0.129. The summed E-state index contributed by atoms with van der Waals surface area (Å²) in [5, 5.41) is -1.01. The van der Waals surface area contributed by atoms with E-state index >= 15 is 0 Å². The van der Waals surface area contributed by atoms with Crippen LogP contribution in [0.25, 0.3) is 0 Å². The summed E-state index contributed by atoms with van der Waals surface area (Å²) in [4.78, 5) is 17.1. The van der Waals surface area contributed by atoms with Crippen molar-refractivity contribution in [1.82, 2.24) is 9.88 Å². The fourth-order valence-electron chi connectivity index (χ4n) is 1.34. The van der Waals surface area contributed by atoms with E-state index in [0.717, 1.165) is 11.8 Å². The lowest BCUT2D eigenvalue weighted by Gasteiger charge is -2.20. The standard InChI is InChI=1S/C11H16N2O3S/c1-9(17(3,15)16)11(14)13(2)8-10-5-4-6-12-7-10/h4-7,9H,8H2,1-3H3/t9-/m1/s1. The molecule has 94 valence electrons. The van der Waals surface area contributed by atoms with Crippen molar-refractivity contribution in [3.8, 4) is 0 Å². The number of amides is 1. The van der Waals surface area contributed by atoms with Crippen LogP contribution in [0.5, 0.6) is 0 Å². The molecule has 0 N–H and O–H groups in total. The van der Waals surface area contributed by atoms with Crippen LogP contribution < -0.4 is 0 Å². The van der Waals surface area contributed by atoms with E-state index < -0.39 is 21.0 Å². The van der Waals surface area contributed by atoms with Crippen molar-refractivity contribution in [1.29, 1.82) is 0 Å². The molecular weight excluding hydrogens is 240 g/mol. The zero-order valence-corrected chi connectivity index (χ0v) is 10.9. The van der Waals surface area contributed by atoms with E-state index in [4.69, 9.17) is 0 Å². The minimum atomic E-state index is -3.35. The maximum atomic E-state index is 11.8. The molecule has 0 unspecified atom stereocenters. The first-order valence-corrected chi connectivity index (χ1v) is 7.10. The van der Waals surface area contributed by atoms with Gasteiger partial charge < -0.3 is 4.90 Å². The first-order chi connectivity index (χ1) is 7.82. The fourth-order valence-corrected chi connectivity index (χ4v) is 1.88. The number of aromatic nitrogens is 1. The van der Waals surface area contributed by atoms with E-state index in [1.807, 2.05) is 6.07 Å². The smallest absolute Gasteiger partial charge is 0.240 e. The summed E-state index contributed by atoms with van der Waals surface area (Å²) in [5.41, 5.74) is 0.865. The van der Waals surface area contributed by atoms with Gasteiger partial charge in [0.25, 0.3) is 0 Å². The maximum Gasteiger partial charge on any atom is 0.240 e. The van der Waals surface area contributed by atoms with Crippen molar-refractivity contribution in [3.63, 3.8) is 0 Å². The molecule has 1 aromatic rings. The molecule has 0 aliphatic heterocycles. The second-order valence-electron chi connectivity index (χ2n) is 4.03. The second-order valence-corrected chi connectivity index (χ2v) is 6.39. The third-order valence-electron chi connectivity index (χ3n) is 2.51. The Labute approximate surface area is 101 Å². The Morgan fingerprint density at radius 3 is 2.65 bits per heavy atom. The Bertz CT molecular complexity index is 485. The van der Waals surface area contributed by atoms with Gasteiger partial charge in [0.15, 0.2) is 9.84 Å². The monoisotopic (exact) mass is 256 g/mol. The Balaban J connectivity index is 2.72. The summed E-state index contributed by atoms with van der Waals surface area (Å²) in [7, 11) is -1.77. The van der Waals surface area contributed by atoms with Crippen LogP contribution in [0.3, 0.4) is 0 Å². The van der Waals surface area contributed by atoms with Gasteiger partial charge in [0.05, 0.1) is 0 Å². The highest BCUT2D eigenvalue weighted by Crippen LogP contribution is 2.06. The lowest BCUT2D eigenvalue weighted by atomic mass is 10.2. The van der Waals surface area contributed by atoms with Gasteiger partial charge in [-0.05, 0) is 18.6 Å². The molecule has 0 saturated heterocycles. The van der Waals surface area contributed by atoms with Crippen LogP contribution in [0.2, 0.25) is 0 Å². The van der Waals surface area contributed by atoms with Crippen LogP contribution in [0.15, 0.2) is 24.5 Å². The largest absolute Gasteiger partial charge is 0.340 e. The highest BCUT2D eigenvalue weighted by molar-refractivity contribution is 7.92. The van der Waals surface area contributed by atoms with Crippen LogP contribution in [-0.4, -0.2) is 42.8 Å². The minimum absolute atomic E-state index is 0.354. The van der Waals surface area contributed by atoms with Crippen LogP contribution in [0.1, 0.15) is 12.5 Å². The van der Waals surface area contributed by atoms with Gasteiger partial charge in [0.1, 0.15) is 5.25 Å². The number of sulfone groups is 1. The van der Waals surface area contributed by atoms with E-state index in [0.29, 0.717) is 6.54 Å². The van der Waals surface area contributed by atoms with Gasteiger partial charge in [-0.2, -0.15) is 0 Å². The molecule has 1 heterocycles. The molecule has 0 radical (unpaired) electrons. The van der Waals surface area contributed by atoms with Crippen molar-refractivity contribution in [2.75, 3.05) is 13.3 Å². The van der Waals surface area contributed by atoms with Crippen molar-refractivity contribution in [3.05, 3.63) is 30.1 Å². The molecule has 0 aliphatic carbocycles. The summed E-state index contributed by atoms with van der Waals surface area (Å²) in [6.07, 6.45) is 4.35. The summed E-state index contributed by atoms with van der Waals surface area (Å²) < 4.78 is 22.5. The average Bonchev–Trinajstić information content (AvgIpc) is 2.27. The molecule has 6 heteroatoms. The normalized spacial score (nSPS) is 13.1. The molecule has 0 bridgehead atoms. The SMILES string of the molecule is C[C@H](C(=O)N(C)Cc1cccnc1)S(C)(=O)=O. The van der Waals surface area contributed by atoms with Gasteiger partial charge in [-0.25, -0.2) is 8.42 Å². The Hall–Kier alpha value is -1.43. The molecule has 0 aliphatic rings. The molecule has 1 atom stereocenters. The first-order valence-electron chi connectivity index (χ1n) is 5.15. The predicted molar refractivity (Wildman–Crippen MR) is 65.0 cm³/mol. The van der Waals surface area contributed by atoms with Crippen LogP contribution in [0.4, 0.5) is 0 Å². The molecule has 1 amide bonds. The second kappa shape index (κ2) is 5.27. The highest BCUT2D eigenvalue weighted by atomic mass is 32.2. The molecule has 0 spiro atoms. The Morgan fingerprint density at radius 1 is 1.53 bits per heavy atom. The van der Waals surface area contributed by atoms with Gasteiger partial charge in [-0.3, -0.25) is 9.78 Å². The van der Waals surface area contributed by atoms with Gasteiger partial charge in [0, 0.05) is 32.2 Å². The average molecular weight is 256 g/mol. The molecular formula is C11H16N2O3S. The Kier molecular flexibility index (Phi) is 4.22. The van der Waals surface area contributed by atoms with E-state index in [2.05, 4.69) is 4.98 Å². The number of nitrogens with zero attached hydrogens (tertiary/aromatic N) is 2. The number of pyridine rings is 1. The molecule has 1 aromatic heterocycles. The van der Waals surface area contributed by atoms with E-state index in [1.54, 1.807) is 25.5 Å². The summed E-state index contributed by atoms with van der Waals surface area (Å²) in [6, 6.07) is 3.61. The number of hydrogen-bond acceptors (Lipinski definition) is 4. The lowest BCUT2D eigenvalue weighted by Crippen LogP contribution is -2.38. The van der Waals surface area contributed by atoms with Crippen LogP contribution in [-0.2, 0) is 21.2 Å². The Morgan fingerprint density at radius 2 is 2.18 bits per heavy atom. The number of carbonyl (C=O) groups excluding carboxylic acids is 1. The van der Waals surface area contributed by atoms with Crippen molar-refractivity contribution >= 4 is 15.7 Å². The van der Waals surface area contributed by atoms with E-state index in [1.165, 1.54) is 11.8 Å². The van der Waals surface area contributed by atoms with E-state index in [9.17, 15) is 13.2 Å². The predicted octanol–water partition coefficient (Wildman–Crippen LogP) is 0.473.